The molecule has 2 unspecified atom stereocenters. The molecule has 0 rings (SSSR count). The fourth-order valence-electron chi connectivity index (χ4n) is 7.09. The molecule has 2 amide bonds. The van der Waals surface area contributed by atoms with E-state index in [4.69, 9.17) is 0 Å². The van der Waals surface area contributed by atoms with Gasteiger partial charge in [0.2, 0.25) is 11.8 Å². The van der Waals surface area contributed by atoms with Crippen LogP contribution in [0.4, 0.5) is 0 Å². The first-order valence-electron chi connectivity index (χ1n) is 21.9. The van der Waals surface area contributed by atoms with Gasteiger partial charge in [-0.2, -0.15) is 0 Å². The van der Waals surface area contributed by atoms with Gasteiger partial charge in [-0.15, -0.1) is 0 Å². The van der Waals surface area contributed by atoms with Crippen molar-refractivity contribution in [3.05, 3.63) is 0 Å². The number of hydrogen-bond acceptors (Lipinski definition) is 5. The van der Waals surface area contributed by atoms with Gasteiger partial charge in [0.25, 0.3) is 0 Å². The molecular weight excluding hydrogens is 624 g/mol. The summed E-state index contributed by atoms with van der Waals surface area (Å²) >= 11 is 0. The van der Waals surface area contributed by atoms with Crippen molar-refractivity contribution in [3.63, 3.8) is 0 Å². The molecule has 0 aromatic heterocycles. The molecule has 2 atom stereocenters. The second-order valence-electron chi connectivity index (χ2n) is 15.3. The molecule has 0 spiro atoms. The molecule has 0 saturated heterocycles. The Kier molecular flexibility index (Phi) is 38.1. The van der Waals surface area contributed by atoms with Gasteiger partial charge in [-0.25, -0.2) is 0 Å². The zero-order valence-corrected chi connectivity index (χ0v) is 33.3. The highest BCUT2D eigenvalue weighted by atomic mass is 16.3. The Labute approximate surface area is 310 Å². The molecule has 0 aromatic rings. The summed E-state index contributed by atoms with van der Waals surface area (Å²) in [5, 5.41) is 35.1. The van der Waals surface area contributed by atoms with Gasteiger partial charge in [-0.1, -0.05) is 194 Å². The van der Waals surface area contributed by atoms with Crippen LogP contribution in [0.25, 0.3) is 0 Å². The molecule has 7 heteroatoms. The van der Waals surface area contributed by atoms with Gasteiger partial charge in [-0.3, -0.25) is 9.59 Å². The lowest BCUT2D eigenvalue weighted by Gasteiger charge is -2.20. The van der Waals surface area contributed by atoms with Crippen LogP contribution in [-0.4, -0.2) is 59.5 Å². The number of carbonyl (C=O) groups is 2. The minimum absolute atomic E-state index is 0.0269. The van der Waals surface area contributed by atoms with Crippen molar-refractivity contribution in [1.29, 1.82) is 0 Å². The first-order chi connectivity index (χ1) is 24.5. The van der Waals surface area contributed by atoms with E-state index in [1.54, 1.807) is 0 Å². The fourth-order valence-corrected chi connectivity index (χ4v) is 7.09. The highest BCUT2D eigenvalue weighted by Crippen LogP contribution is 2.19. The maximum Gasteiger partial charge on any atom is 0.223 e. The minimum Gasteiger partial charge on any atom is -0.396 e. The average molecular weight is 711 g/mol. The van der Waals surface area contributed by atoms with Crippen molar-refractivity contribution in [2.24, 2.45) is 11.8 Å². The number of amides is 2. The van der Waals surface area contributed by atoms with E-state index in [1.807, 2.05) is 0 Å². The van der Waals surface area contributed by atoms with Gasteiger partial charge < -0.3 is 26.0 Å². The summed E-state index contributed by atoms with van der Waals surface area (Å²) in [5.41, 5.74) is 0. The number of carbonyl (C=O) groups excluding carboxylic acids is 2. The van der Waals surface area contributed by atoms with Gasteiger partial charge in [0.1, 0.15) is 0 Å². The largest absolute Gasteiger partial charge is 0.396 e. The van der Waals surface area contributed by atoms with Crippen LogP contribution in [0.2, 0.25) is 0 Å². The van der Waals surface area contributed by atoms with Crippen LogP contribution in [0.1, 0.15) is 219 Å². The van der Waals surface area contributed by atoms with E-state index in [0.29, 0.717) is 12.8 Å². The second kappa shape index (κ2) is 39.0. The number of aliphatic hydroxyl groups excluding tert-OH is 3. The van der Waals surface area contributed by atoms with Crippen LogP contribution >= 0.6 is 0 Å². The monoisotopic (exact) mass is 711 g/mol. The van der Waals surface area contributed by atoms with Crippen LogP contribution < -0.4 is 10.6 Å². The molecule has 0 bridgehead atoms. The molecule has 0 aliphatic rings. The van der Waals surface area contributed by atoms with E-state index in [0.717, 1.165) is 38.5 Å². The van der Waals surface area contributed by atoms with E-state index in [9.17, 15) is 24.9 Å². The summed E-state index contributed by atoms with van der Waals surface area (Å²) < 4.78 is 0. The quantitative estimate of drug-likeness (QED) is 0.0406. The summed E-state index contributed by atoms with van der Waals surface area (Å²) in [5.74, 6) is -0.763. The molecule has 0 saturated carbocycles. The van der Waals surface area contributed by atoms with Crippen molar-refractivity contribution in [1.82, 2.24) is 10.6 Å². The van der Waals surface area contributed by atoms with Crippen molar-refractivity contribution >= 4 is 11.8 Å². The summed E-state index contributed by atoms with van der Waals surface area (Å²) in [6.45, 7) is 4.62. The van der Waals surface area contributed by atoms with Gasteiger partial charge >= 0.3 is 0 Å². The number of unbranched alkanes of at least 4 members (excludes halogenated alkanes) is 26. The van der Waals surface area contributed by atoms with Gasteiger partial charge in [0.15, 0.2) is 0 Å². The first-order valence-corrected chi connectivity index (χ1v) is 21.9. The lowest BCUT2D eigenvalue weighted by molar-refractivity contribution is -0.126. The first kappa shape index (κ1) is 48.8. The highest BCUT2D eigenvalue weighted by molar-refractivity contribution is 5.79. The standard InChI is InChI=1S/C43H86N2O5/c1-3-5-7-9-11-13-15-17-19-21-23-25-27-29-31-39(33-35-46)42(49)44-37-41(48)38-45-43(50)40(34-36-47)32-30-28-26-24-22-20-18-16-14-12-10-8-6-4-2/h39-41,46-48H,3-38H2,1-2H3,(H,44,49)(H,45,50). The summed E-state index contributed by atoms with van der Waals surface area (Å²) in [7, 11) is 0. The van der Waals surface area contributed by atoms with Crippen LogP contribution in [0.15, 0.2) is 0 Å². The maximum atomic E-state index is 12.8. The number of aliphatic hydroxyl groups is 3. The molecule has 50 heavy (non-hydrogen) atoms. The van der Waals surface area contributed by atoms with Crippen molar-refractivity contribution < 1.29 is 24.9 Å². The van der Waals surface area contributed by atoms with Crippen molar-refractivity contribution in [2.75, 3.05) is 26.3 Å². The third kappa shape index (κ3) is 32.7. The SMILES string of the molecule is CCCCCCCCCCCCCCCCC(CCO)C(=O)NCC(O)CNC(=O)C(CCO)CCCCCCCCCCCCCCCC. The predicted molar refractivity (Wildman–Crippen MR) is 212 cm³/mol. The Morgan fingerprint density at radius 3 is 0.880 bits per heavy atom. The zero-order valence-electron chi connectivity index (χ0n) is 33.3. The number of nitrogens with one attached hydrogen (secondary N) is 2. The van der Waals surface area contributed by atoms with Crippen LogP contribution in [0.3, 0.4) is 0 Å². The average Bonchev–Trinajstić information content (AvgIpc) is 3.12. The molecule has 0 radical (unpaired) electrons. The Morgan fingerprint density at radius 2 is 0.640 bits per heavy atom. The van der Waals surface area contributed by atoms with E-state index in [-0.39, 0.29) is 50.0 Å². The fraction of sp³-hybridized carbons (Fsp3) is 0.953. The Morgan fingerprint density at radius 1 is 0.400 bits per heavy atom. The molecular formula is C43H86N2O5. The minimum atomic E-state index is -0.880. The van der Waals surface area contributed by atoms with E-state index >= 15 is 0 Å². The predicted octanol–water partition coefficient (Wildman–Crippen LogP) is 10.3. The Bertz CT molecular complexity index is 663. The third-order valence-electron chi connectivity index (χ3n) is 10.5. The molecule has 0 aromatic carbocycles. The molecule has 0 fully saturated rings. The second-order valence-corrected chi connectivity index (χ2v) is 15.3. The molecule has 7 nitrogen and oxygen atoms in total. The topological polar surface area (TPSA) is 119 Å². The lowest BCUT2D eigenvalue weighted by Crippen LogP contribution is -2.43. The normalized spacial score (nSPS) is 13.3. The number of hydrogen-bond donors (Lipinski definition) is 5. The molecule has 0 aliphatic carbocycles. The Hall–Kier alpha value is -1.18. The summed E-state index contributed by atoms with van der Waals surface area (Å²) in [4.78, 5) is 25.6. The van der Waals surface area contributed by atoms with Gasteiger partial charge in [-0.05, 0) is 25.7 Å². The summed E-state index contributed by atoms with van der Waals surface area (Å²) in [6.07, 6.45) is 37.7. The highest BCUT2D eigenvalue weighted by Gasteiger charge is 2.21. The zero-order chi connectivity index (χ0) is 36.8. The van der Waals surface area contributed by atoms with E-state index < -0.39 is 6.10 Å². The molecule has 0 aliphatic heterocycles. The van der Waals surface area contributed by atoms with E-state index in [1.165, 1.54) is 154 Å². The van der Waals surface area contributed by atoms with Gasteiger partial charge in [0.05, 0.1) is 6.10 Å². The molecule has 0 heterocycles. The van der Waals surface area contributed by atoms with Crippen LogP contribution in [0, 0.1) is 11.8 Å². The third-order valence-corrected chi connectivity index (χ3v) is 10.5. The van der Waals surface area contributed by atoms with Crippen LogP contribution in [0.5, 0.6) is 0 Å². The summed E-state index contributed by atoms with van der Waals surface area (Å²) in [6, 6.07) is 0. The Balaban J connectivity index is 3.99. The van der Waals surface area contributed by atoms with E-state index in [2.05, 4.69) is 24.5 Å². The van der Waals surface area contributed by atoms with Crippen molar-refractivity contribution in [3.8, 4) is 0 Å². The maximum absolute atomic E-state index is 12.8. The van der Waals surface area contributed by atoms with Crippen LogP contribution in [-0.2, 0) is 9.59 Å². The molecule has 5 N–H and O–H groups in total. The lowest BCUT2D eigenvalue weighted by atomic mass is 9.96. The molecule has 298 valence electrons. The van der Waals surface area contributed by atoms with Crippen molar-refractivity contribution in [2.45, 2.75) is 225 Å². The number of rotatable bonds is 40. The van der Waals surface area contributed by atoms with Gasteiger partial charge in [0, 0.05) is 38.1 Å². The smallest absolute Gasteiger partial charge is 0.223 e.